The summed E-state index contributed by atoms with van der Waals surface area (Å²) in [6.07, 6.45) is -1.66. The molecule has 11 heteroatoms. The molecule has 0 unspecified atom stereocenters. The van der Waals surface area contributed by atoms with Crippen molar-refractivity contribution in [3.05, 3.63) is 41.6 Å². The molecule has 2 aliphatic heterocycles. The molecule has 1 saturated heterocycles. The lowest BCUT2D eigenvalue weighted by Crippen LogP contribution is -2.42. The van der Waals surface area contributed by atoms with Crippen LogP contribution in [-0.4, -0.2) is 53.8 Å². The predicted molar refractivity (Wildman–Crippen MR) is 115 cm³/mol. The van der Waals surface area contributed by atoms with Gasteiger partial charge in [0.1, 0.15) is 31.4 Å². The number of morpholine rings is 1. The minimum absolute atomic E-state index is 0.00493. The molecular formula is C22H21F2N5O4. The molecule has 1 aromatic carbocycles. The zero-order chi connectivity index (χ0) is 22.9. The third-order valence-corrected chi connectivity index (χ3v) is 5.53. The zero-order valence-corrected chi connectivity index (χ0v) is 17.8. The van der Waals surface area contributed by atoms with Crippen LogP contribution < -0.4 is 19.7 Å². The van der Waals surface area contributed by atoms with Gasteiger partial charge in [-0.05, 0) is 13.0 Å². The van der Waals surface area contributed by atoms with Crippen LogP contribution >= 0.6 is 0 Å². The molecule has 0 radical (unpaired) electrons. The van der Waals surface area contributed by atoms with E-state index in [1.165, 1.54) is 11.1 Å². The predicted octanol–water partition coefficient (Wildman–Crippen LogP) is 3.27. The molecule has 2 aromatic heterocycles. The monoisotopic (exact) mass is 457 g/mol. The summed E-state index contributed by atoms with van der Waals surface area (Å²) < 4.78 is 45.5. The summed E-state index contributed by atoms with van der Waals surface area (Å²) in [4.78, 5) is 26.5. The number of carbonyl (C=O) groups is 1. The SMILES string of the molecule is C[C@H]1Nc2nc(nc3ncc(N4CCOCC4=O)c(C(F)F)c23)OCCOc2ccccc21. The van der Waals surface area contributed by atoms with Crippen LogP contribution in [0.1, 0.15) is 30.5 Å². The summed E-state index contributed by atoms with van der Waals surface area (Å²) in [5.74, 6) is 0.384. The quantitative estimate of drug-likeness (QED) is 0.626. The second-order valence-corrected chi connectivity index (χ2v) is 7.61. The van der Waals surface area contributed by atoms with Crippen molar-refractivity contribution in [1.82, 2.24) is 15.0 Å². The molecule has 2 aliphatic rings. The number of hydrogen-bond acceptors (Lipinski definition) is 8. The maximum absolute atomic E-state index is 14.5. The first-order valence-corrected chi connectivity index (χ1v) is 10.5. The maximum Gasteiger partial charge on any atom is 0.320 e. The van der Waals surface area contributed by atoms with Crippen LogP contribution in [0.4, 0.5) is 20.3 Å². The van der Waals surface area contributed by atoms with E-state index in [0.717, 1.165) is 5.56 Å². The molecular weight excluding hydrogens is 436 g/mol. The number of ether oxygens (including phenoxy) is 3. The van der Waals surface area contributed by atoms with Crippen molar-refractivity contribution in [3.8, 4) is 11.8 Å². The van der Waals surface area contributed by atoms with Crippen LogP contribution in [0.3, 0.4) is 0 Å². The molecule has 2 bridgehead atoms. The summed E-state index contributed by atoms with van der Waals surface area (Å²) in [6, 6.07) is 7.10. The van der Waals surface area contributed by atoms with Gasteiger partial charge >= 0.3 is 6.01 Å². The van der Waals surface area contributed by atoms with Gasteiger partial charge < -0.3 is 24.4 Å². The van der Waals surface area contributed by atoms with Gasteiger partial charge in [-0.15, -0.1) is 0 Å². The van der Waals surface area contributed by atoms with Crippen molar-refractivity contribution in [2.45, 2.75) is 19.4 Å². The number of rotatable bonds is 2. The van der Waals surface area contributed by atoms with Gasteiger partial charge in [0.2, 0.25) is 0 Å². The van der Waals surface area contributed by atoms with E-state index >= 15 is 0 Å². The van der Waals surface area contributed by atoms with Crippen molar-refractivity contribution >= 4 is 28.4 Å². The number of nitrogens with zero attached hydrogens (tertiary/aromatic N) is 4. The molecule has 3 aromatic rings. The number of alkyl halides is 2. The van der Waals surface area contributed by atoms with E-state index in [1.54, 1.807) is 0 Å². The Balaban J connectivity index is 1.70. The Morgan fingerprint density at radius 2 is 1.97 bits per heavy atom. The number of benzene rings is 1. The van der Waals surface area contributed by atoms with Crippen LogP contribution in [0, 0.1) is 0 Å². The van der Waals surface area contributed by atoms with Crippen LogP contribution in [-0.2, 0) is 9.53 Å². The molecule has 4 heterocycles. The van der Waals surface area contributed by atoms with Crippen LogP contribution in [0.5, 0.6) is 11.8 Å². The Kier molecular flexibility index (Phi) is 5.63. The van der Waals surface area contributed by atoms with Crippen LogP contribution in [0.2, 0.25) is 0 Å². The topological polar surface area (TPSA) is 98.7 Å². The standard InChI is InChI=1S/C22H21F2N5O4/c1-12-13-4-2-3-5-15(13)32-8-9-33-22-27-20-18(21(26-12)28-22)17(19(23)24)14(10-25-20)29-6-7-31-11-16(29)30/h2-5,10,12,19H,6-9,11H2,1H3,(H,25,26,27,28)/t12-/m1/s1. The summed E-state index contributed by atoms with van der Waals surface area (Å²) in [5, 5.41) is 3.24. The summed E-state index contributed by atoms with van der Waals surface area (Å²) in [7, 11) is 0. The Hall–Kier alpha value is -3.60. The lowest BCUT2D eigenvalue weighted by Gasteiger charge is -2.29. The van der Waals surface area contributed by atoms with Gasteiger partial charge in [0, 0.05) is 12.1 Å². The van der Waals surface area contributed by atoms with Gasteiger partial charge in [-0.25, -0.2) is 13.8 Å². The largest absolute Gasteiger partial charge is 0.490 e. The first-order chi connectivity index (χ1) is 16.0. The lowest BCUT2D eigenvalue weighted by molar-refractivity contribution is -0.125. The van der Waals surface area contributed by atoms with E-state index in [1.807, 2.05) is 31.2 Å². The van der Waals surface area contributed by atoms with Gasteiger partial charge in [0.15, 0.2) is 5.65 Å². The fraction of sp³-hybridized carbons (Fsp3) is 0.364. The van der Waals surface area contributed by atoms with Crippen LogP contribution in [0.15, 0.2) is 30.5 Å². The van der Waals surface area contributed by atoms with E-state index in [0.29, 0.717) is 5.75 Å². The highest BCUT2D eigenvalue weighted by Crippen LogP contribution is 2.40. The number of fused-ring (bicyclic) bond motifs is 5. The van der Waals surface area contributed by atoms with Gasteiger partial charge in [0.25, 0.3) is 12.3 Å². The number of hydrogen-bond donors (Lipinski definition) is 1. The number of aromatic nitrogens is 3. The van der Waals surface area contributed by atoms with Crippen molar-refractivity contribution in [2.75, 3.05) is 43.2 Å². The second kappa shape index (κ2) is 8.74. The van der Waals surface area contributed by atoms with Crippen LogP contribution in [0.25, 0.3) is 11.0 Å². The highest BCUT2D eigenvalue weighted by atomic mass is 19.3. The summed E-state index contributed by atoms with van der Waals surface area (Å²) in [6.45, 7) is 2.51. The molecule has 1 atom stereocenters. The Morgan fingerprint density at radius 1 is 1.15 bits per heavy atom. The van der Waals surface area contributed by atoms with Crippen molar-refractivity contribution in [3.63, 3.8) is 0 Å². The summed E-state index contributed by atoms with van der Waals surface area (Å²) in [5.41, 5.74) is 0.532. The smallest absolute Gasteiger partial charge is 0.320 e. The number of halogens is 2. The minimum Gasteiger partial charge on any atom is -0.490 e. The number of amides is 1. The zero-order valence-electron chi connectivity index (χ0n) is 17.8. The highest BCUT2D eigenvalue weighted by molar-refractivity contribution is 6.00. The third kappa shape index (κ3) is 3.99. The molecule has 172 valence electrons. The number of anilines is 2. The van der Waals surface area contributed by atoms with E-state index in [9.17, 15) is 13.6 Å². The fourth-order valence-electron chi connectivity index (χ4n) is 4.01. The molecule has 1 amide bonds. The number of nitrogens with one attached hydrogen (secondary N) is 1. The van der Waals surface area contributed by atoms with Crippen molar-refractivity contribution in [1.29, 1.82) is 0 Å². The Labute approximate surface area is 187 Å². The first kappa shape index (κ1) is 21.3. The molecule has 0 saturated carbocycles. The first-order valence-electron chi connectivity index (χ1n) is 10.5. The Bertz CT molecular complexity index is 1210. The van der Waals surface area contributed by atoms with Gasteiger partial charge in [-0.3, -0.25) is 4.79 Å². The number of pyridine rings is 1. The number of carbonyl (C=O) groups excluding carboxylic acids is 1. The molecule has 0 spiro atoms. The molecule has 1 fully saturated rings. The van der Waals surface area contributed by atoms with Gasteiger partial charge in [-0.1, -0.05) is 18.2 Å². The van der Waals surface area contributed by atoms with E-state index < -0.39 is 12.3 Å². The summed E-state index contributed by atoms with van der Waals surface area (Å²) >= 11 is 0. The maximum atomic E-state index is 14.5. The van der Waals surface area contributed by atoms with E-state index in [4.69, 9.17) is 14.2 Å². The van der Waals surface area contributed by atoms with Crippen molar-refractivity contribution in [2.24, 2.45) is 0 Å². The average Bonchev–Trinajstić information content (AvgIpc) is 2.83. The minimum atomic E-state index is -2.90. The molecule has 0 aliphatic carbocycles. The molecule has 5 rings (SSSR count). The molecule has 33 heavy (non-hydrogen) atoms. The van der Waals surface area contributed by atoms with E-state index in [-0.39, 0.29) is 73.1 Å². The molecule has 9 nitrogen and oxygen atoms in total. The van der Waals surface area contributed by atoms with Gasteiger partial charge in [-0.2, -0.15) is 9.97 Å². The third-order valence-electron chi connectivity index (χ3n) is 5.53. The number of para-hydroxylation sites is 1. The van der Waals surface area contributed by atoms with E-state index in [2.05, 4.69) is 20.3 Å². The highest BCUT2D eigenvalue weighted by Gasteiger charge is 2.30. The Morgan fingerprint density at radius 3 is 2.79 bits per heavy atom. The molecule has 1 N–H and O–H groups in total. The fourth-order valence-corrected chi connectivity index (χ4v) is 4.01. The second-order valence-electron chi connectivity index (χ2n) is 7.61. The normalized spacial score (nSPS) is 18.7. The lowest BCUT2D eigenvalue weighted by atomic mass is 10.1. The average molecular weight is 457 g/mol. The van der Waals surface area contributed by atoms with Crippen molar-refractivity contribution < 1.29 is 27.8 Å². The van der Waals surface area contributed by atoms with Gasteiger partial charge in [0.05, 0.1) is 35.5 Å².